The minimum Gasteiger partial charge on any atom is -0.493 e. The molecule has 1 aromatic rings. The number of hydrogen-bond acceptors (Lipinski definition) is 4. The van der Waals surface area contributed by atoms with Crippen molar-refractivity contribution in [3.8, 4) is 11.5 Å². The van der Waals surface area contributed by atoms with Gasteiger partial charge in [-0.25, -0.2) is 0 Å². The van der Waals surface area contributed by atoms with Gasteiger partial charge in [0.05, 0.1) is 20.1 Å². The fourth-order valence-electron chi connectivity index (χ4n) is 2.76. The van der Waals surface area contributed by atoms with Gasteiger partial charge in [-0.3, -0.25) is 4.79 Å². The number of carbonyl (C=O) groups is 1. The fourth-order valence-corrected chi connectivity index (χ4v) is 2.76. The lowest BCUT2D eigenvalue weighted by atomic mass is 9.99. The number of piperidine rings is 1. The summed E-state index contributed by atoms with van der Waals surface area (Å²) in [6, 6.07) is 5.94. The van der Waals surface area contributed by atoms with Crippen molar-refractivity contribution in [2.24, 2.45) is 5.92 Å². The molecule has 1 unspecified atom stereocenters. The molecule has 130 valence electrons. The number of nitrogens with one attached hydrogen (secondary N) is 2. The molecule has 6 heteroatoms. The molecule has 2 N–H and O–H groups in total. The molecule has 23 heavy (non-hydrogen) atoms. The van der Waals surface area contributed by atoms with Crippen LogP contribution in [0.1, 0.15) is 24.8 Å². The van der Waals surface area contributed by atoms with E-state index in [4.69, 9.17) is 9.47 Å². The molecule has 2 rings (SSSR count). The third-order valence-electron chi connectivity index (χ3n) is 4.06. The normalized spacial score (nSPS) is 17.0. The van der Waals surface area contributed by atoms with Crippen LogP contribution in [0.4, 0.5) is 0 Å². The summed E-state index contributed by atoms with van der Waals surface area (Å²) in [5.74, 6) is 1.80. The van der Waals surface area contributed by atoms with Gasteiger partial charge in [0.25, 0.3) is 0 Å². The first-order chi connectivity index (χ1) is 10.7. The van der Waals surface area contributed by atoms with Crippen molar-refractivity contribution in [3.05, 3.63) is 23.8 Å². The zero-order valence-electron chi connectivity index (χ0n) is 13.9. The molecule has 5 nitrogen and oxygen atoms in total. The number of ether oxygens (including phenoxy) is 2. The largest absolute Gasteiger partial charge is 0.493 e. The number of halogens is 1. The molecule has 0 radical (unpaired) electrons. The molecular weight excluding hydrogens is 316 g/mol. The second-order valence-electron chi connectivity index (χ2n) is 5.63. The summed E-state index contributed by atoms with van der Waals surface area (Å²) in [6.45, 7) is 2.55. The Morgan fingerprint density at radius 3 is 2.74 bits per heavy atom. The van der Waals surface area contributed by atoms with E-state index in [9.17, 15) is 4.79 Å². The van der Waals surface area contributed by atoms with Crippen molar-refractivity contribution in [2.45, 2.75) is 25.7 Å². The van der Waals surface area contributed by atoms with Crippen LogP contribution in [-0.2, 0) is 11.2 Å². The molecule has 1 aromatic carbocycles. The van der Waals surface area contributed by atoms with E-state index in [1.54, 1.807) is 14.2 Å². The summed E-state index contributed by atoms with van der Waals surface area (Å²) in [4.78, 5) is 12.0. The quantitative estimate of drug-likeness (QED) is 0.746. The lowest BCUT2D eigenvalue weighted by molar-refractivity contribution is -0.125. The van der Waals surface area contributed by atoms with E-state index in [1.165, 1.54) is 5.56 Å². The molecule has 1 heterocycles. The van der Waals surface area contributed by atoms with Crippen molar-refractivity contribution >= 4 is 18.3 Å². The van der Waals surface area contributed by atoms with Gasteiger partial charge in [0, 0.05) is 13.1 Å². The van der Waals surface area contributed by atoms with Crippen LogP contribution in [0, 0.1) is 5.92 Å². The number of aryl methyl sites for hydroxylation is 1. The van der Waals surface area contributed by atoms with Crippen molar-refractivity contribution in [1.29, 1.82) is 0 Å². The molecule has 0 aromatic heterocycles. The van der Waals surface area contributed by atoms with Gasteiger partial charge < -0.3 is 20.1 Å². The van der Waals surface area contributed by atoms with Gasteiger partial charge in [0.1, 0.15) is 0 Å². The summed E-state index contributed by atoms with van der Waals surface area (Å²) in [5, 5.41) is 6.31. The number of amides is 1. The van der Waals surface area contributed by atoms with Gasteiger partial charge in [-0.15, -0.1) is 12.4 Å². The van der Waals surface area contributed by atoms with Crippen LogP contribution in [0.3, 0.4) is 0 Å². The molecule has 1 amide bonds. The standard InChI is InChI=1S/C17H26N2O3.ClH/c1-21-15-8-7-13(11-16(15)22-2)5-3-10-19-17(20)14-6-4-9-18-12-14;/h7-8,11,14,18H,3-6,9-10,12H2,1-2H3,(H,19,20);1H. The van der Waals surface area contributed by atoms with E-state index >= 15 is 0 Å². The Morgan fingerprint density at radius 2 is 2.09 bits per heavy atom. The number of benzene rings is 1. The van der Waals surface area contributed by atoms with Gasteiger partial charge in [0.2, 0.25) is 5.91 Å². The van der Waals surface area contributed by atoms with Crippen molar-refractivity contribution in [3.63, 3.8) is 0 Å². The minimum atomic E-state index is 0. The maximum absolute atomic E-state index is 12.0. The van der Waals surface area contributed by atoms with Gasteiger partial charge in [-0.1, -0.05) is 6.07 Å². The van der Waals surface area contributed by atoms with E-state index in [-0.39, 0.29) is 24.2 Å². The lowest BCUT2D eigenvalue weighted by Crippen LogP contribution is -2.40. The molecule has 1 aliphatic rings. The Balaban J connectivity index is 0.00000264. The zero-order chi connectivity index (χ0) is 15.8. The molecule has 1 atom stereocenters. The maximum Gasteiger partial charge on any atom is 0.224 e. The van der Waals surface area contributed by atoms with Crippen molar-refractivity contribution in [2.75, 3.05) is 33.9 Å². The van der Waals surface area contributed by atoms with Crippen LogP contribution in [0.25, 0.3) is 0 Å². The number of rotatable bonds is 7. The Kier molecular flexibility index (Phi) is 8.81. The lowest BCUT2D eigenvalue weighted by Gasteiger charge is -2.21. The highest BCUT2D eigenvalue weighted by Crippen LogP contribution is 2.27. The highest BCUT2D eigenvalue weighted by atomic mass is 35.5. The van der Waals surface area contributed by atoms with Crippen LogP contribution in [0.2, 0.25) is 0 Å². The van der Waals surface area contributed by atoms with Crippen LogP contribution in [0.5, 0.6) is 11.5 Å². The first-order valence-electron chi connectivity index (χ1n) is 7.94. The van der Waals surface area contributed by atoms with Crippen LogP contribution >= 0.6 is 12.4 Å². The van der Waals surface area contributed by atoms with E-state index in [2.05, 4.69) is 10.6 Å². The first kappa shape index (κ1) is 19.6. The molecule has 0 bridgehead atoms. The van der Waals surface area contributed by atoms with Gasteiger partial charge in [0.15, 0.2) is 11.5 Å². The van der Waals surface area contributed by atoms with Gasteiger partial charge in [-0.05, 0) is 49.9 Å². The second-order valence-corrected chi connectivity index (χ2v) is 5.63. The summed E-state index contributed by atoms with van der Waals surface area (Å²) in [6.07, 6.45) is 3.91. The predicted octanol–water partition coefficient (Wildman–Crippen LogP) is 2.17. The Labute approximate surface area is 144 Å². The average Bonchev–Trinajstić information content (AvgIpc) is 2.59. The molecule has 1 saturated heterocycles. The molecule has 1 fully saturated rings. The third-order valence-corrected chi connectivity index (χ3v) is 4.06. The molecule has 0 saturated carbocycles. The van der Waals surface area contributed by atoms with E-state index in [1.807, 2.05) is 18.2 Å². The highest BCUT2D eigenvalue weighted by Gasteiger charge is 2.20. The topological polar surface area (TPSA) is 59.6 Å². The van der Waals surface area contributed by atoms with Crippen LogP contribution in [-0.4, -0.2) is 39.8 Å². The first-order valence-corrected chi connectivity index (χ1v) is 7.94. The van der Waals surface area contributed by atoms with Crippen LogP contribution < -0.4 is 20.1 Å². The average molecular weight is 343 g/mol. The van der Waals surface area contributed by atoms with E-state index < -0.39 is 0 Å². The highest BCUT2D eigenvalue weighted by molar-refractivity contribution is 5.85. The Bertz CT molecular complexity index is 491. The number of hydrogen-bond donors (Lipinski definition) is 2. The van der Waals surface area contributed by atoms with Crippen molar-refractivity contribution < 1.29 is 14.3 Å². The smallest absolute Gasteiger partial charge is 0.224 e. The monoisotopic (exact) mass is 342 g/mol. The fraction of sp³-hybridized carbons (Fsp3) is 0.588. The van der Waals surface area contributed by atoms with Gasteiger partial charge >= 0.3 is 0 Å². The molecule has 1 aliphatic heterocycles. The summed E-state index contributed by atoms with van der Waals surface area (Å²) >= 11 is 0. The molecular formula is C17H27ClN2O3. The van der Waals surface area contributed by atoms with E-state index in [0.29, 0.717) is 6.54 Å². The van der Waals surface area contributed by atoms with Crippen molar-refractivity contribution in [1.82, 2.24) is 10.6 Å². The SMILES string of the molecule is COc1ccc(CCCNC(=O)C2CCCNC2)cc1OC.Cl. The zero-order valence-corrected chi connectivity index (χ0v) is 14.7. The molecule has 0 spiro atoms. The Morgan fingerprint density at radius 1 is 1.30 bits per heavy atom. The predicted molar refractivity (Wildman–Crippen MR) is 93.7 cm³/mol. The van der Waals surface area contributed by atoms with Gasteiger partial charge in [-0.2, -0.15) is 0 Å². The summed E-state index contributed by atoms with van der Waals surface area (Å²) < 4.78 is 10.5. The maximum atomic E-state index is 12.0. The van der Waals surface area contributed by atoms with Crippen LogP contribution in [0.15, 0.2) is 18.2 Å². The van der Waals surface area contributed by atoms with E-state index in [0.717, 1.165) is 50.3 Å². The number of carbonyl (C=O) groups excluding carboxylic acids is 1. The Hall–Kier alpha value is -1.46. The minimum absolute atomic E-state index is 0. The number of methoxy groups -OCH3 is 2. The second kappa shape index (κ2) is 10.3. The summed E-state index contributed by atoms with van der Waals surface area (Å²) in [7, 11) is 3.27. The third kappa shape index (κ3) is 5.92. The molecule has 0 aliphatic carbocycles. The summed E-state index contributed by atoms with van der Waals surface area (Å²) in [5.41, 5.74) is 1.19.